The van der Waals surface area contributed by atoms with Crippen molar-refractivity contribution in [3.05, 3.63) is 95.1 Å². The van der Waals surface area contributed by atoms with Crippen LogP contribution in [0.4, 0.5) is 5.69 Å². The van der Waals surface area contributed by atoms with Gasteiger partial charge < -0.3 is 26.6 Å². The second-order valence-electron chi connectivity index (χ2n) is 8.72. The number of carbonyl (C=O) groups is 3. The maximum atomic E-state index is 12.3. The quantitative estimate of drug-likeness (QED) is 0.142. The van der Waals surface area contributed by atoms with Gasteiger partial charge in [0.2, 0.25) is 5.91 Å². The number of carbonyl (C=O) groups excluding carboxylic acids is 3. The number of hydrogen-bond acceptors (Lipinski definition) is 7. The lowest BCUT2D eigenvalue weighted by Crippen LogP contribution is -2.53. The van der Waals surface area contributed by atoms with Gasteiger partial charge in [0.05, 0.1) is 0 Å². The Morgan fingerprint density at radius 3 is 2.05 bits per heavy atom. The Morgan fingerprint density at radius 2 is 1.51 bits per heavy atom. The summed E-state index contributed by atoms with van der Waals surface area (Å²) in [5.41, 5.74) is 8.88. The van der Waals surface area contributed by atoms with Crippen molar-refractivity contribution < 1.29 is 24.6 Å². The lowest BCUT2D eigenvalue weighted by molar-refractivity contribution is -0.126. The summed E-state index contributed by atoms with van der Waals surface area (Å²) in [5, 5.41) is 23.6. The number of amides is 2. The maximum Gasteiger partial charge on any atom is 0.251 e. The predicted molar refractivity (Wildman–Crippen MR) is 152 cm³/mol. The molecule has 3 rings (SSSR count). The van der Waals surface area contributed by atoms with E-state index in [0.717, 1.165) is 18.4 Å². The van der Waals surface area contributed by atoms with Crippen LogP contribution in [0.3, 0.4) is 0 Å². The number of nitrogens with two attached hydrogens (primary N) is 1. The monoisotopic (exact) mass is 545 g/mol. The van der Waals surface area contributed by atoms with Gasteiger partial charge >= 0.3 is 0 Å². The number of aryl methyl sites for hydroxylation is 1. The van der Waals surface area contributed by atoms with E-state index in [4.69, 9.17) is 10.8 Å². The molecule has 0 saturated carbocycles. The topological polar surface area (TPSA) is 142 Å². The highest BCUT2D eigenvalue weighted by Gasteiger charge is 2.25. The van der Waals surface area contributed by atoms with Gasteiger partial charge in [-0.1, -0.05) is 24.0 Å². The molecule has 0 bridgehead atoms. The average Bonchev–Trinajstić information content (AvgIpc) is 2.95. The van der Waals surface area contributed by atoms with Crippen LogP contribution < -0.4 is 16.4 Å². The van der Waals surface area contributed by atoms with Crippen LogP contribution in [0, 0.1) is 11.8 Å². The number of rotatable bonds is 11. The van der Waals surface area contributed by atoms with Crippen molar-refractivity contribution >= 4 is 35.0 Å². The van der Waals surface area contributed by atoms with E-state index in [1.807, 2.05) is 18.4 Å². The molecular weight excluding hydrogens is 514 g/mol. The first-order valence-corrected chi connectivity index (χ1v) is 13.5. The molecule has 2 amide bonds. The number of thioether (sulfide) groups is 1. The summed E-state index contributed by atoms with van der Waals surface area (Å²) in [4.78, 5) is 37.5. The molecule has 0 unspecified atom stereocenters. The molecule has 8 nitrogen and oxygen atoms in total. The van der Waals surface area contributed by atoms with Crippen molar-refractivity contribution in [2.45, 2.75) is 36.4 Å². The number of nitrogens with one attached hydrogen (secondary N) is 2. The zero-order valence-electron chi connectivity index (χ0n) is 21.5. The SMILES string of the molecule is CSc1ccc(CCCC(=O)Nc2ccc(C#Cc3ccc(C(=O)N[C@H](C(=O)CO)[C@@H](N)O)cc3)cc2)cc1. The molecule has 2 atom stereocenters. The van der Waals surface area contributed by atoms with Crippen molar-refractivity contribution in [1.29, 1.82) is 0 Å². The number of hydrogen-bond donors (Lipinski definition) is 5. The van der Waals surface area contributed by atoms with Crippen LogP contribution in [-0.2, 0) is 16.0 Å². The normalized spacial score (nSPS) is 12.0. The minimum Gasteiger partial charge on any atom is -0.388 e. The fraction of sp³-hybridized carbons (Fsp3) is 0.233. The van der Waals surface area contributed by atoms with Crippen molar-refractivity contribution in [2.75, 3.05) is 18.2 Å². The summed E-state index contributed by atoms with van der Waals surface area (Å²) >= 11 is 1.70. The molecule has 0 fully saturated rings. The molecule has 9 heteroatoms. The van der Waals surface area contributed by atoms with E-state index >= 15 is 0 Å². The number of aliphatic hydroxyl groups is 2. The highest BCUT2D eigenvalue weighted by atomic mass is 32.2. The Labute approximate surface area is 232 Å². The van der Waals surface area contributed by atoms with Crippen LogP contribution in [0.5, 0.6) is 0 Å². The van der Waals surface area contributed by atoms with E-state index in [0.29, 0.717) is 17.7 Å². The molecule has 0 aliphatic carbocycles. The summed E-state index contributed by atoms with van der Waals surface area (Å²) in [6.45, 7) is -0.852. The number of benzene rings is 3. The van der Waals surface area contributed by atoms with E-state index < -0.39 is 30.6 Å². The summed E-state index contributed by atoms with van der Waals surface area (Å²) < 4.78 is 0. The highest BCUT2D eigenvalue weighted by molar-refractivity contribution is 7.98. The van der Waals surface area contributed by atoms with Gasteiger partial charge in [-0.05, 0) is 85.3 Å². The van der Waals surface area contributed by atoms with Crippen LogP contribution in [0.1, 0.15) is 39.9 Å². The Hall–Kier alpha value is -3.94. The fourth-order valence-corrected chi connectivity index (χ4v) is 4.04. The third kappa shape index (κ3) is 9.39. The first kappa shape index (κ1) is 29.6. The Kier molecular flexibility index (Phi) is 11.3. The smallest absolute Gasteiger partial charge is 0.251 e. The van der Waals surface area contributed by atoms with Gasteiger partial charge in [-0.25, -0.2) is 0 Å². The lowest BCUT2D eigenvalue weighted by Gasteiger charge is -2.19. The van der Waals surface area contributed by atoms with E-state index in [2.05, 4.69) is 46.7 Å². The second-order valence-corrected chi connectivity index (χ2v) is 9.60. The standard InChI is InChI=1S/C30H31N3O5S/c1-39-25-17-11-20(12-18-25)3-2-4-27(36)32-24-15-9-22(10-16-24)6-5-21-7-13-23(14-8-21)30(38)33-28(29(31)37)26(35)19-34/h7-18,28-29,34,37H,2-4,19,31H2,1H3,(H,32,36)(H,33,38)/t28-,29+/m1/s1. The molecule has 3 aromatic rings. The van der Waals surface area contributed by atoms with E-state index in [-0.39, 0.29) is 11.5 Å². The molecule has 39 heavy (non-hydrogen) atoms. The number of ketones is 1. The summed E-state index contributed by atoms with van der Waals surface area (Å²) in [5.74, 6) is 4.60. The van der Waals surface area contributed by atoms with Crippen LogP contribution in [0.25, 0.3) is 0 Å². The lowest BCUT2D eigenvalue weighted by atomic mass is 10.1. The van der Waals surface area contributed by atoms with Crippen LogP contribution in [0.15, 0.2) is 77.7 Å². The third-order valence-electron chi connectivity index (χ3n) is 5.83. The summed E-state index contributed by atoms with van der Waals surface area (Å²) in [6, 6.07) is 20.6. The number of anilines is 1. The Morgan fingerprint density at radius 1 is 0.923 bits per heavy atom. The van der Waals surface area contributed by atoms with Crippen molar-refractivity contribution in [2.24, 2.45) is 5.73 Å². The molecule has 0 saturated heterocycles. The molecule has 0 aromatic heterocycles. The van der Waals surface area contributed by atoms with E-state index in [9.17, 15) is 19.5 Å². The minimum atomic E-state index is -1.63. The molecule has 202 valence electrons. The first-order valence-electron chi connectivity index (χ1n) is 12.3. The van der Waals surface area contributed by atoms with Crippen LogP contribution >= 0.6 is 11.8 Å². The summed E-state index contributed by atoms with van der Waals surface area (Å²) in [6.07, 6.45) is 2.47. The van der Waals surface area contributed by atoms with Crippen molar-refractivity contribution in [1.82, 2.24) is 5.32 Å². The minimum absolute atomic E-state index is 0.0354. The molecule has 6 N–H and O–H groups in total. The molecule has 0 aliphatic heterocycles. The van der Waals surface area contributed by atoms with E-state index in [1.165, 1.54) is 22.6 Å². The van der Waals surface area contributed by atoms with Gasteiger partial charge in [0, 0.05) is 33.7 Å². The van der Waals surface area contributed by atoms with Crippen LogP contribution in [-0.4, -0.2) is 52.9 Å². The first-order chi connectivity index (χ1) is 18.8. The average molecular weight is 546 g/mol. The third-order valence-corrected chi connectivity index (χ3v) is 6.57. The molecule has 3 aromatic carbocycles. The molecule has 0 aliphatic rings. The molecule has 0 heterocycles. The van der Waals surface area contributed by atoms with Crippen LogP contribution in [0.2, 0.25) is 0 Å². The fourth-order valence-electron chi connectivity index (χ4n) is 3.63. The zero-order chi connectivity index (χ0) is 28.2. The Bertz CT molecular complexity index is 1330. The highest BCUT2D eigenvalue weighted by Crippen LogP contribution is 2.16. The predicted octanol–water partition coefficient (Wildman–Crippen LogP) is 2.71. The van der Waals surface area contributed by atoms with Gasteiger partial charge in [0.1, 0.15) is 18.9 Å². The zero-order valence-corrected chi connectivity index (χ0v) is 22.3. The van der Waals surface area contributed by atoms with Gasteiger partial charge in [-0.3, -0.25) is 14.4 Å². The van der Waals surface area contributed by atoms with Crippen molar-refractivity contribution in [3.63, 3.8) is 0 Å². The number of Topliss-reactive ketones (excluding diaryl/α,β-unsaturated/α-hetero) is 1. The van der Waals surface area contributed by atoms with Gasteiger partial charge in [0.25, 0.3) is 5.91 Å². The largest absolute Gasteiger partial charge is 0.388 e. The maximum absolute atomic E-state index is 12.3. The molecule has 0 spiro atoms. The molecular formula is C30H31N3O5S. The summed E-state index contributed by atoms with van der Waals surface area (Å²) in [7, 11) is 0. The molecule has 0 radical (unpaired) electrons. The van der Waals surface area contributed by atoms with Gasteiger partial charge in [0.15, 0.2) is 5.78 Å². The number of aliphatic hydroxyl groups excluding tert-OH is 2. The van der Waals surface area contributed by atoms with Gasteiger partial charge in [-0.15, -0.1) is 11.8 Å². The van der Waals surface area contributed by atoms with Gasteiger partial charge in [-0.2, -0.15) is 0 Å². The Balaban J connectivity index is 1.49. The second kappa shape index (κ2) is 14.9. The van der Waals surface area contributed by atoms with E-state index in [1.54, 1.807) is 36.0 Å². The van der Waals surface area contributed by atoms with Crippen molar-refractivity contribution in [3.8, 4) is 11.8 Å².